The van der Waals surface area contributed by atoms with Crippen LogP contribution in [0.1, 0.15) is 39.0 Å². The Kier molecular flexibility index (Phi) is 6.21. The van der Waals surface area contributed by atoms with Gasteiger partial charge in [-0.25, -0.2) is 0 Å². The highest BCUT2D eigenvalue weighted by atomic mass is 32.2. The molecule has 0 bridgehead atoms. The first kappa shape index (κ1) is 13.8. The van der Waals surface area contributed by atoms with E-state index in [2.05, 4.69) is 23.8 Å². The summed E-state index contributed by atoms with van der Waals surface area (Å²) in [6, 6.07) is 0. The van der Waals surface area contributed by atoms with Gasteiger partial charge in [-0.05, 0) is 25.5 Å². The van der Waals surface area contributed by atoms with Gasteiger partial charge in [0.2, 0.25) is 5.91 Å². The van der Waals surface area contributed by atoms with E-state index in [4.69, 9.17) is 0 Å². The van der Waals surface area contributed by atoms with Gasteiger partial charge in [0.05, 0.1) is 6.54 Å². The second kappa shape index (κ2) is 7.17. The lowest BCUT2D eigenvalue weighted by molar-refractivity contribution is -0.120. The molecule has 0 heterocycles. The second-order valence-electron chi connectivity index (χ2n) is 4.55. The molecule has 0 unspecified atom stereocenters. The minimum atomic E-state index is 0.121. The van der Waals surface area contributed by atoms with Crippen LogP contribution in [0.25, 0.3) is 0 Å². The lowest BCUT2D eigenvalue weighted by Crippen LogP contribution is -2.41. The normalized spacial score (nSPS) is 18.6. The van der Waals surface area contributed by atoms with Crippen LogP contribution in [-0.2, 0) is 4.79 Å². The van der Waals surface area contributed by atoms with Gasteiger partial charge < -0.3 is 10.6 Å². The lowest BCUT2D eigenvalue weighted by Gasteiger charge is -2.26. The molecule has 0 saturated heterocycles. The van der Waals surface area contributed by atoms with E-state index < -0.39 is 0 Å². The molecule has 2 N–H and O–H groups in total. The van der Waals surface area contributed by atoms with Crippen LogP contribution in [0.15, 0.2) is 0 Å². The molecule has 0 atom stereocenters. The highest BCUT2D eigenvalue weighted by molar-refractivity contribution is 8.00. The molecule has 0 aliphatic heterocycles. The van der Waals surface area contributed by atoms with E-state index in [1.54, 1.807) is 0 Å². The predicted octanol–water partition coefficient (Wildman–Crippen LogP) is 1.78. The molecule has 0 spiro atoms. The Balaban J connectivity index is 2.16. The van der Waals surface area contributed by atoms with Crippen LogP contribution >= 0.6 is 11.8 Å². The molecule has 4 heteroatoms. The first-order valence-corrected chi connectivity index (χ1v) is 7.47. The third-order valence-electron chi connectivity index (χ3n) is 3.25. The molecule has 0 aromatic heterocycles. The highest BCUT2D eigenvalue weighted by Gasteiger charge is 2.32. The van der Waals surface area contributed by atoms with Crippen molar-refractivity contribution in [2.75, 3.05) is 25.9 Å². The molecule has 0 radical (unpaired) electrons. The molecule has 1 rings (SSSR count). The lowest BCUT2D eigenvalue weighted by atomic mass is 10.1. The molecule has 16 heavy (non-hydrogen) atoms. The third-order valence-corrected chi connectivity index (χ3v) is 4.67. The quantitative estimate of drug-likeness (QED) is 0.717. The topological polar surface area (TPSA) is 41.1 Å². The number of amides is 1. The second-order valence-corrected chi connectivity index (χ2v) is 5.82. The molecule has 94 valence electrons. The smallest absolute Gasteiger partial charge is 0.233 e. The molecule has 3 nitrogen and oxygen atoms in total. The van der Waals surface area contributed by atoms with E-state index in [9.17, 15) is 4.79 Å². The summed E-state index contributed by atoms with van der Waals surface area (Å²) >= 11 is 1.96. The standard InChI is InChI=1S/C12H24N2OS/c1-3-8-14-11(15)9-13-10-12(16-2)6-4-5-7-12/h13H,3-10H2,1-2H3,(H,14,15). The summed E-state index contributed by atoms with van der Waals surface area (Å²) in [5, 5.41) is 6.17. The molecule has 1 fully saturated rings. The zero-order valence-corrected chi connectivity index (χ0v) is 11.3. The van der Waals surface area contributed by atoms with Crippen molar-refractivity contribution in [3.8, 4) is 0 Å². The number of rotatable bonds is 7. The molecule has 0 aromatic rings. The van der Waals surface area contributed by atoms with E-state index in [1.165, 1.54) is 25.7 Å². The molecule has 1 amide bonds. The van der Waals surface area contributed by atoms with Crippen LogP contribution < -0.4 is 10.6 Å². The molecule has 1 saturated carbocycles. The first-order chi connectivity index (χ1) is 7.72. The van der Waals surface area contributed by atoms with Crippen LogP contribution in [0.4, 0.5) is 0 Å². The monoisotopic (exact) mass is 244 g/mol. The number of hydrogen-bond acceptors (Lipinski definition) is 3. The van der Waals surface area contributed by atoms with Crippen LogP contribution in [0.2, 0.25) is 0 Å². The third kappa shape index (κ3) is 4.34. The Morgan fingerprint density at radius 2 is 2.06 bits per heavy atom. The van der Waals surface area contributed by atoms with Gasteiger partial charge in [-0.1, -0.05) is 19.8 Å². The van der Waals surface area contributed by atoms with Crippen molar-refractivity contribution >= 4 is 17.7 Å². The Hall–Kier alpha value is -0.220. The maximum atomic E-state index is 11.4. The average Bonchev–Trinajstić information content (AvgIpc) is 2.76. The van der Waals surface area contributed by atoms with Crippen LogP contribution in [0.3, 0.4) is 0 Å². The van der Waals surface area contributed by atoms with Crippen molar-refractivity contribution in [3.63, 3.8) is 0 Å². The Bertz CT molecular complexity index is 215. The van der Waals surface area contributed by atoms with Crippen molar-refractivity contribution in [2.24, 2.45) is 0 Å². The molecular formula is C12H24N2OS. The summed E-state index contributed by atoms with van der Waals surface area (Å²) in [4.78, 5) is 11.4. The fraction of sp³-hybridized carbons (Fsp3) is 0.917. The van der Waals surface area contributed by atoms with E-state index in [1.807, 2.05) is 11.8 Å². The molecule has 1 aliphatic rings. The van der Waals surface area contributed by atoms with Gasteiger partial charge in [-0.2, -0.15) is 11.8 Å². The maximum absolute atomic E-state index is 11.4. The van der Waals surface area contributed by atoms with Gasteiger partial charge in [-0.15, -0.1) is 0 Å². The first-order valence-electron chi connectivity index (χ1n) is 6.25. The van der Waals surface area contributed by atoms with Crippen LogP contribution in [0, 0.1) is 0 Å². The summed E-state index contributed by atoms with van der Waals surface area (Å²) in [5.74, 6) is 0.121. The SMILES string of the molecule is CCCNC(=O)CNCC1(SC)CCCC1. The fourth-order valence-corrected chi connectivity index (χ4v) is 3.15. The summed E-state index contributed by atoms with van der Waals surface area (Å²) in [6.45, 7) is 4.28. The number of carbonyl (C=O) groups is 1. The number of nitrogens with one attached hydrogen (secondary N) is 2. The zero-order chi connectivity index (χ0) is 11.9. The Morgan fingerprint density at radius 3 is 2.62 bits per heavy atom. The van der Waals surface area contributed by atoms with Gasteiger partial charge in [0.1, 0.15) is 0 Å². The predicted molar refractivity (Wildman–Crippen MR) is 70.9 cm³/mol. The Morgan fingerprint density at radius 1 is 1.38 bits per heavy atom. The Labute approximate surface area is 103 Å². The van der Waals surface area contributed by atoms with Crippen molar-refractivity contribution in [2.45, 2.75) is 43.8 Å². The van der Waals surface area contributed by atoms with Crippen molar-refractivity contribution in [1.82, 2.24) is 10.6 Å². The molecule has 1 aliphatic carbocycles. The summed E-state index contributed by atoms with van der Waals surface area (Å²) in [5.41, 5.74) is 0. The van der Waals surface area contributed by atoms with E-state index in [-0.39, 0.29) is 5.91 Å². The summed E-state index contributed by atoms with van der Waals surface area (Å²) < 4.78 is 0.394. The van der Waals surface area contributed by atoms with Crippen LogP contribution in [0.5, 0.6) is 0 Å². The van der Waals surface area contributed by atoms with E-state index >= 15 is 0 Å². The van der Waals surface area contributed by atoms with Gasteiger partial charge in [-0.3, -0.25) is 4.79 Å². The summed E-state index contributed by atoms with van der Waals surface area (Å²) in [6.07, 6.45) is 8.44. The van der Waals surface area contributed by atoms with Gasteiger partial charge in [0, 0.05) is 17.8 Å². The van der Waals surface area contributed by atoms with E-state index in [0.29, 0.717) is 11.3 Å². The van der Waals surface area contributed by atoms with Crippen molar-refractivity contribution in [1.29, 1.82) is 0 Å². The molecule has 0 aromatic carbocycles. The minimum absolute atomic E-state index is 0.121. The van der Waals surface area contributed by atoms with Gasteiger partial charge in [0.25, 0.3) is 0 Å². The zero-order valence-electron chi connectivity index (χ0n) is 10.5. The minimum Gasteiger partial charge on any atom is -0.355 e. The summed E-state index contributed by atoms with van der Waals surface area (Å²) in [7, 11) is 0. The van der Waals surface area contributed by atoms with Crippen molar-refractivity contribution in [3.05, 3.63) is 0 Å². The number of thioether (sulfide) groups is 1. The van der Waals surface area contributed by atoms with Gasteiger partial charge >= 0.3 is 0 Å². The largest absolute Gasteiger partial charge is 0.355 e. The average molecular weight is 244 g/mol. The van der Waals surface area contributed by atoms with Crippen molar-refractivity contribution < 1.29 is 4.79 Å². The highest BCUT2D eigenvalue weighted by Crippen LogP contribution is 2.39. The molecular weight excluding hydrogens is 220 g/mol. The maximum Gasteiger partial charge on any atom is 0.233 e. The van der Waals surface area contributed by atoms with Gasteiger partial charge in [0.15, 0.2) is 0 Å². The number of carbonyl (C=O) groups excluding carboxylic acids is 1. The fourth-order valence-electron chi connectivity index (χ4n) is 2.20. The van der Waals surface area contributed by atoms with Crippen LogP contribution in [-0.4, -0.2) is 36.5 Å². The van der Waals surface area contributed by atoms with E-state index in [0.717, 1.165) is 19.5 Å². The number of hydrogen-bond donors (Lipinski definition) is 2.